The third kappa shape index (κ3) is 2.12. The second-order valence-corrected chi connectivity index (χ2v) is 5.40. The first-order valence-electron chi connectivity index (χ1n) is 6.18. The maximum Gasteiger partial charge on any atom is 0.225 e. The van der Waals surface area contributed by atoms with E-state index in [-0.39, 0.29) is 11.8 Å². The molecule has 5 nitrogen and oxygen atoms in total. The lowest BCUT2D eigenvalue weighted by Gasteiger charge is -2.25. The number of methoxy groups -OCH3 is 2. The lowest BCUT2D eigenvalue weighted by molar-refractivity contribution is -0.116. The van der Waals surface area contributed by atoms with Gasteiger partial charge in [-0.1, -0.05) is 0 Å². The summed E-state index contributed by atoms with van der Waals surface area (Å²) in [6, 6.07) is 3.71. The van der Waals surface area contributed by atoms with Crippen molar-refractivity contribution in [3.05, 3.63) is 34.3 Å². The van der Waals surface area contributed by atoms with Crippen molar-refractivity contribution in [3.63, 3.8) is 0 Å². The number of benzene rings is 1. The molecule has 1 atom stereocenters. The van der Waals surface area contributed by atoms with Gasteiger partial charge in [-0.05, 0) is 11.6 Å². The fraction of sp³-hybridized carbons (Fsp3) is 0.286. The SMILES string of the molecule is COc1cc2c(cc1OC)C(c1nccs1)CC(=O)N2. The molecule has 1 aliphatic rings. The van der Waals surface area contributed by atoms with E-state index in [4.69, 9.17) is 9.47 Å². The highest BCUT2D eigenvalue weighted by atomic mass is 32.1. The molecule has 1 N–H and O–H groups in total. The number of ether oxygens (including phenoxy) is 2. The van der Waals surface area contributed by atoms with E-state index < -0.39 is 0 Å². The van der Waals surface area contributed by atoms with Crippen LogP contribution >= 0.6 is 11.3 Å². The number of carbonyl (C=O) groups is 1. The molecule has 0 bridgehead atoms. The van der Waals surface area contributed by atoms with Crippen molar-refractivity contribution in [2.24, 2.45) is 0 Å². The largest absolute Gasteiger partial charge is 0.493 e. The third-order valence-corrected chi connectivity index (χ3v) is 4.23. The van der Waals surface area contributed by atoms with Crippen molar-refractivity contribution >= 4 is 22.9 Å². The van der Waals surface area contributed by atoms with Crippen LogP contribution in [0.4, 0.5) is 5.69 Å². The molecule has 1 aromatic heterocycles. The zero-order valence-electron chi connectivity index (χ0n) is 11.2. The number of hydrogen-bond donors (Lipinski definition) is 1. The van der Waals surface area contributed by atoms with Gasteiger partial charge in [0.1, 0.15) is 5.01 Å². The van der Waals surface area contributed by atoms with Gasteiger partial charge < -0.3 is 14.8 Å². The van der Waals surface area contributed by atoms with Gasteiger partial charge in [0.2, 0.25) is 5.91 Å². The van der Waals surface area contributed by atoms with Crippen molar-refractivity contribution in [3.8, 4) is 11.5 Å². The molecule has 1 aromatic carbocycles. The highest BCUT2D eigenvalue weighted by Crippen LogP contribution is 2.43. The van der Waals surface area contributed by atoms with Crippen molar-refractivity contribution in [1.29, 1.82) is 0 Å². The molecule has 6 heteroatoms. The van der Waals surface area contributed by atoms with Crippen LogP contribution in [0, 0.1) is 0 Å². The molecule has 2 aromatic rings. The summed E-state index contributed by atoms with van der Waals surface area (Å²) in [5.74, 6) is 1.22. The van der Waals surface area contributed by atoms with Gasteiger partial charge in [-0.25, -0.2) is 4.98 Å². The number of carbonyl (C=O) groups excluding carboxylic acids is 1. The van der Waals surface area contributed by atoms with Crippen molar-refractivity contribution in [2.45, 2.75) is 12.3 Å². The normalized spacial score (nSPS) is 17.3. The van der Waals surface area contributed by atoms with Gasteiger partial charge in [-0.15, -0.1) is 11.3 Å². The van der Waals surface area contributed by atoms with E-state index in [2.05, 4.69) is 10.3 Å². The third-order valence-electron chi connectivity index (χ3n) is 3.34. The number of rotatable bonds is 3. The molecular formula is C14H14N2O3S. The lowest BCUT2D eigenvalue weighted by Crippen LogP contribution is -2.23. The zero-order chi connectivity index (χ0) is 14.1. The molecule has 0 radical (unpaired) electrons. The first-order chi connectivity index (χ1) is 9.72. The van der Waals surface area contributed by atoms with E-state index in [1.807, 2.05) is 11.4 Å². The Hall–Kier alpha value is -2.08. The zero-order valence-corrected chi connectivity index (χ0v) is 12.0. The van der Waals surface area contributed by atoms with E-state index in [0.717, 1.165) is 16.3 Å². The Bertz CT molecular complexity index is 640. The van der Waals surface area contributed by atoms with Crippen LogP contribution in [0.3, 0.4) is 0 Å². The van der Waals surface area contributed by atoms with Crippen LogP contribution in [0.2, 0.25) is 0 Å². The number of amides is 1. The quantitative estimate of drug-likeness (QED) is 0.944. The minimum atomic E-state index is -0.0291. The van der Waals surface area contributed by atoms with Crippen LogP contribution < -0.4 is 14.8 Å². The predicted octanol–water partition coefficient (Wildman–Crippen LogP) is 2.63. The molecule has 0 aliphatic carbocycles. The molecule has 3 rings (SSSR count). The van der Waals surface area contributed by atoms with Crippen LogP contribution in [-0.2, 0) is 4.79 Å². The smallest absolute Gasteiger partial charge is 0.225 e. The highest BCUT2D eigenvalue weighted by Gasteiger charge is 2.29. The topological polar surface area (TPSA) is 60.5 Å². The summed E-state index contributed by atoms with van der Waals surface area (Å²) in [4.78, 5) is 16.2. The Morgan fingerprint density at radius 3 is 2.70 bits per heavy atom. The van der Waals surface area contributed by atoms with Gasteiger partial charge >= 0.3 is 0 Å². The molecule has 2 heterocycles. The molecule has 1 amide bonds. The average Bonchev–Trinajstić information content (AvgIpc) is 2.98. The van der Waals surface area contributed by atoms with E-state index in [9.17, 15) is 4.79 Å². The summed E-state index contributed by atoms with van der Waals surface area (Å²) in [6.07, 6.45) is 2.16. The minimum Gasteiger partial charge on any atom is -0.493 e. The van der Waals surface area contributed by atoms with Crippen LogP contribution in [0.5, 0.6) is 11.5 Å². The second kappa shape index (κ2) is 5.13. The number of nitrogens with zero attached hydrogens (tertiary/aromatic N) is 1. The van der Waals surface area contributed by atoms with Gasteiger partial charge in [-0.2, -0.15) is 0 Å². The molecule has 104 valence electrons. The molecular weight excluding hydrogens is 276 g/mol. The first-order valence-corrected chi connectivity index (χ1v) is 7.06. The van der Waals surface area contributed by atoms with Crippen molar-refractivity contribution in [2.75, 3.05) is 19.5 Å². The van der Waals surface area contributed by atoms with Gasteiger partial charge in [0.05, 0.1) is 14.2 Å². The summed E-state index contributed by atoms with van der Waals surface area (Å²) >= 11 is 1.56. The molecule has 0 fully saturated rings. The standard InChI is InChI=1S/C14H14N2O3S/c1-18-11-5-8-9(14-15-3-4-20-14)6-13(17)16-10(8)7-12(11)19-2/h3-5,7,9H,6H2,1-2H3,(H,16,17). The Labute approximate surface area is 120 Å². The van der Waals surface area contributed by atoms with Gasteiger partial charge in [0.25, 0.3) is 0 Å². The fourth-order valence-corrected chi connectivity index (χ4v) is 3.17. The predicted molar refractivity (Wildman–Crippen MR) is 76.7 cm³/mol. The van der Waals surface area contributed by atoms with Gasteiger partial charge in [0, 0.05) is 35.7 Å². The number of aromatic nitrogens is 1. The van der Waals surface area contributed by atoms with Crippen LogP contribution in [0.1, 0.15) is 22.9 Å². The Morgan fingerprint density at radius 2 is 2.05 bits per heavy atom. The summed E-state index contributed by atoms with van der Waals surface area (Å²) in [5, 5.41) is 5.74. The lowest BCUT2D eigenvalue weighted by atomic mass is 9.90. The summed E-state index contributed by atoms with van der Waals surface area (Å²) < 4.78 is 10.6. The maximum atomic E-state index is 11.9. The average molecular weight is 290 g/mol. The van der Waals surface area contributed by atoms with Gasteiger partial charge in [0.15, 0.2) is 11.5 Å². The Morgan fingerprint density at radius 1 is 1.30 bits per heavy atom. The van der Waals surface area contributed by atoms with E-state index in [1.54, 1.807) is 37.8 Å². The van der Waals surface area contributed by atoms with Gasteiger partial charge in [-0.3, -0.25) is 4.79 Å². The van der Waals surface area contributed by atoms with E-state index in [1.165, 1.54) is 0 Å². The summed E-state index contributed by atoms with van der Waals surface area (Å²) in [6.45, 7) is 0. The van der Waals surface area contributed by atoms with E-state index in [0.29, 0.717) is 17.9 Å². The summed E-state index contributed by atoms with van der Waals surface area (Å²) in [5.41, 5.74) is 1.77. The fourth-order valence-electron chi connectivity index (χ4n) is 2.41. The molecule has 0 saturated heterocycles. The number of thiazole rings is 1. The number of nitrogens with one attached hydrogen (secondary N) is 1. The number of anilines is 1. The monoisotopic (exact) mass is 290 g/mol. The Kier molecular flexibility index (Phi) is 3.31. The molecule has 0 spiro atoms. The molecule has 1 unspecified atom stereocenters. The minimum absolute atomic E-state index is 0.00933. The molecule has 20 heavy (non-hydrogen) atoms. The number of fused-ring (bicyclic) bond motifs is 1. The van der Waals surface area contributed by atoms with Crippen LogP contribution in [-0.4, -0.2) is 25.1 Å². The second-order valence-electron chi connectivity index (χ2n) is 4.47. The number of hydrogen-bond acceptors (Lipinski definition) is 5. The maximum absolute atomic E-state index is 11.9. The van der Waals surface area contributed by atoms with Crippen molar-refractivity contribution < 1.29 is 14.3 Å². The molecule has 1 aliphatic heterocycles. The first kappa shape index (κ1) is 12.9. The van der Waals surface area contributed by atoms with E-state index >= 15 is 0 Å². The van der Waals surface area contributed by atoms with Crippen LogP contribution in [0.25, 0.3) is 0 Å². The van der Waals surface area contributed by atoms with Crippen molar-refractivity contribution in [1.82, 2.24) is 4.98 Å². The highest BCUT2D eigenvalue weighted by molar-refractivity contribution is 7.09. The molecule has 0 saturated carbocycles. The Balaban J connectivity index is 2.13. The summed E-state index contributed by atoms with van der Waals surface area (Å²) in [7, 11) is 3.18. The van der Waals surface area contributed by atoms with Crippen LogP contribution in [0.15, 0.2) is 23.7 Å².